The fraction of sp³-hybridized carbons (Fsp3) is 0.200. The van der Waals surface area contributed by atoms with Gasteiger partial charge in [-0.15, -0.1) is 0 Å². The van der Waals surface area contributed by atoms with Crippen LogP contribution in [0.2, 0.25) is 0 Å². The van der Waals surface area contributed by atoms with Crippen LogP contribution in [-0.2, 0) is 0 Å². The predicted molar refractivity (Wildman–Crippen MR) is 59.4 cm³/mol. The van der Waals surface area contributed by atoms with Gasteiger partial charge in [0, 0.05) is 17.0 Å². The largest absolute Gasteiger partial charge is 0.259 e. The third-order valence-corrected chi connectivity index (χ3v) is 2.60. The monoisotopic (exact) mass is 273 g/mol. The van der Waals surface area contributed by atoms with Crippen molar-refractivity contribution in [3.63, 3.8) is 0 Å². The molecule has 0 saturated heterocycles. The molecule has 0 saturated carbocycles. The maximum absolute atomic E-state index is 12.9. The van der Waals surface area contributed by atoms with E-state index in [9.17, 15) is 14.5 Å². The van der Waals surface area contributed by atoms with Crippen molar-refractivity contribution in [3.8, 4) is 0 Å². The molecule has 0 aromatic heterocycles. The van der Waals surface area contributed by atoms with Crippen LogP contribution in [0, 0.1) is 15.9 Å². The number of allylic oxidation sites excluding steroid dienone is 1. The first kappa shape index (κ1) is 11.8. The molecule has 0 aliphatic carbocycles. The van der Waals surface area contributed by atoms with Gasteiger partial charge >= 0.3 is 0 Å². The van der Waals surface area contributed by atoms with E-state index in [1.807, 2.05) is 0 Å². The highest BCUT2D eigenvalue weighted by atomic mass is 79.9. The summed E-state index contributed by atoms with van der Waals surface area (Å²) < 4.78 is 13.5. The third kappa shape index (κ3) is 3.13. The molecule has 0 heterocycles. The number of hydrogen-bond acceptors (Lipinski definition) is 2. The van der Waals surface area contributed by atoms with Crippen molar-refractivity contribution >= 4 is 22.0 Å². The maximum atomic E-state index is 12.9. The van der Waals surface area contributed by atoms with Crippen LogP contribution < -0.4 is 0 Å². The Morgan fingerprint density at radius 1 is 1.67 bits per heavy atom. The Morgan fingerprint density at radius 3 is 2.87 bits per heavy atom. The average Bonchev–Trinajstić information content (AvgIpc) is 2.18. The Labute approximate surface area is 94.9 Å². The van der Waals surface area contributed by atoms with Gasteiger partial charge in [0.25, 0.3) is 0 Å². The fourth-order valence-corrected chi connectivity index (χ4v) is 1.45. The summed E-state index contributed by atoms with van der Waals surface area (Å²) in [5, 5.41) is 10.6. The molecule has 5 heteroatoms. The van der Waals surface area contributed by atoms with Gasteiger partial charge in [0.1, 0.15) is 5.82 Å². The predicted octanol–water partition coefficient (Wildman–Crippen LogP) is 3.62. The normalized spacial score (nSPS) is 11.5. The molecule has 0 aliphatic rings. The highest BCUT2D eigenvalue weighted by Gasteiger charge is 2.09. The molecule has 0 unspecified atom stereocenters. The van der Waals surface area contributed by atoms with Crippen LogP contribution in [0.1, 0.15) is 18.9 Å². The van der Waals surface area contributed by atoms with E-state index in [-0.39, 0.29) is 5.70 Å². The van der Waals surface area contributed by atoms with Gasteiger partial charge in [-0.05, 0) is 23.8 Å². The summed E-state index contributed by atoms with van der Waals surface area (Å²) in [6.07, 6.45) is 1.67. The zero-order valence-corrected chi connectivity index (χ0v) is 9.62. The molecule has 1 rings (SSSR count). The SMILES string of the molecule is CC/C(=C/c1cc(F)ccc1Br)[N+](=O)[O-]. The lowest BCUT2D eigenvalue weighted by atomic mass is 10.1. The van der Waals surface area contributed by atoms with Crippen molar-refractivity contribution in [2.45, 2.75) is 13.3 Å². The molecule has 0 atom stereocenters. The molecule has 0 spiro atoms. The minimum Gasteiger partial charge on any atom is -0.259 e. The van der Waals surface area contributed by atoms with Gasteiger partial charge in [-0.3, -0.25) is 10.1 Å². The van der Waals surface area contributed by atoms with Gasteiger partial charge in [0.2, 0.25) is 5.70 Å². The van der Waals surface area contributed by atoms with Crippen LogP contribution in [0.4, 0.5) is 4.39 Å². The van der Waals surface area contributed by atoms with Gasteiger partial charge in [-0.1, -0.05) is 22.9 Å². The van der Waals surface area contributed by atoms with E-state index >= 15 is 0 Å². The molecule has 0 N–H and O–H groups in total. The average molecular weight is 274 g/mol. The molecular formula is C10H9BrFNO2. The van der Waals surface area contributed by atoms with Gasteiger partial charge in [0.05, 0.1) is 4.92 Å². The Bertz CT molecular complexity index is 418. The molecule has 0 fully saturated rings. The van der Waals surface area contributed by atoms with E-state index in [0.29, 0.717) is 16.5 Å². The Hall–Kier alpha value is -1.23. The molecule has 15 heavy (non-hydrogen) atoms. The Kier molecular flexibility index (Phi) is 3.96. The quantitative estimate of drug-likeness (QED) is 0.624. The Balaban J connectivity index is 3.16. The van der Waals surface area contributed by atoms with Crippen LogP contribution in [0.15, 0.2) is 28.4 Å². The molecule has 0 aliphatic heterocycles. The van der Waals surface area contributed by atoms with Crippen molar-refractivity contribution in [1.82, 2.24) is 0 Å². The highest BCUT2D eigenvalue weighted by Crippen LogP contribution is 2.21. The summed E-state index contributed by atoms with van der Waals surface area (Å²) >= 11 is 3.20. The molecule has 0 radical (unpaired) electrons. The number of nitro groups is 1. The zero-order valence-electron chi connectivity index (χ0n) is 8.04. The lowest BCUT2D eigenvalue weighted by molar-refractivity contribution is -0.425. The minimum absolute atomic E-state index is 0.0568. The van der Waals surface area contributed by atoms with E-state index < -0.39 is 10.7 Å². The van der Waals surface area contributed by atoms with E-state index in [4.69, 9.17) is 0 Å². The third-order valence-electron chi connectivity index (χ3n) is 1.88. The first-order valence-corrected chi connectivity index (χ1v) is 5.14. The minimum atomic E-state index is -0.461. The first-order chi connectivity index (χ1) is 7.04. The van der Waals surface area contributed by atoms with Crippen molar-refractivity contribution in [2.75, 3.05) is 0 Å². The van der Waals surface area contributed by atoms with Crippen molar-refractivity contribution in [1.29, 1.82) is 0 Å². The fourth-order valence-electron chi connectivity index (χ4n) is 1.09. The van der Waals surface area contributed by atoms with Gasteiger partial charge in [-0.25, -0.2) is 4.39 Å². The lowest BCUT2D eigenvalue weighted by Gasteiger charge is -1.99. The smallest absolute Gasteiger partial charge is 0.246 e. The lowest BCUT2D eigenvalue weighted by Crippen LogP contribution is -1.96. The molecule has 0 bridgehead atoms. The Morgan fingerprint density at radius 2 is 2.33 bits per heavy atom. The first-order valence-electron chi connectivity index (χ1n) is 4.34. The summed E-state index contributed by atoms with van der Waals surface area (Å²) in [5.74, 6) is -0.414. The molecule has 3 nitrogen and oxygen atoms in total. The summed E-state index contributed by atoms with van der Waals surface area (Å²) in [5.41, 5.74) is 0.532. The summed E-state index contributed by atoms with van der Waals surface area (Å²) in [6, 6.07) is 4.07. The number of rotatable bonds is 3. The van der Waals surface area contributed by atoms with E-state index in [0.717, 1.165) is 0 Å². The number of hydrogen-bond donors (Lipinski definition) is 0. The van der Waals surface area contributed by atoms with Crippen molar-refractivity contribution in [2.24, 2.45) is 0 Å². The van der Waals surface area contributed by atoms with Crippen LogP contribution in [-0.4, -0.2) is 4.92 Å². The standard InChI is InChI=1S/C10H9BrFNO2/c1-2-9(13(14)15)6-7-5-8(12)3-4-10(7)11/h3-6H,2H2,1H3/b9-6-. The van der Waals surface area contributed by atoms with Crippen molar-refractivity contribution in [3.05, 3.63) is 49.9 Å². The zero-order chi connectivity index (χ0) is 11.4. The summed E-state index contributed by atoms with van der Waals surface area (Å²) in [4.78, 5) is 10.1. The molecule has 1 aromatic rings. The van der Waals surface area contributed by atoms with Crippen LogP contribution in [0.5, 0.6) is 0 Å². The van der Waals surface area contributed by atoms with Crippen molar-refractivity contribution < 1.29 is 9.31 Å². The van der Waals surface area contributed by atoms with Crippen LogP contribution in [0.3, 0.4) is 0 Å². The molecule has 80 valence electrons. The second-order valence-electron chi connectivity index (χ2n) is 2.91. The number of nitrogens with zero attached hydrogens (tertiary/aromatic N) is 1. The maximum Gasteiger partial charge on any atom is 0.246 e. The summed E-state index contributed by atoms with van der Waals surface area (Å²) in [6.45, 7) is 1.68. The van der Waals surface area contributed by atoms with Gasteiger partial charge < -0.3 is 0 Å². The topological polar surface area (TPSA) is 43.1 Å². The van der Waals surface area contributed by atoms with Gasteiger partial charge in [0.15, 0.2) is 0 Å². The molecule has 0 amide bonds. The van der Waals surface area contributed by atoms with E-state index in [2.05, 4.69) is 15.9 Å². The molecule has 1 aromatic carbocycles. The second kappa shape index (κ2) is 5.02. The van der Waals surface area contributed by atoms with Gasteiger partial charge in [-0.2, -0.15) is 0 Å². The number of benzene rings is 1. The number of halogens is 2. The summed E-state index contributed by atoms with van der Waals surface area (Å²) in [7, 11) is 0. The van der Waals surface area contributed by atoms with E-state index in [1.165, 1.54) is 24.3 Å². The van der Waals surface area contributed by atoms with Crippen LogP contribution >= 0.6 is 15.9 Å². The van der Waals surface area contributed by atoms with Crippen LogP contribution in [0.25, 0.3) is 6.08 Å². The second-order valence-corrected chi connectivity index (χ2v) is 3.77. The van der Waals surface area contributed by atoms with E-state index in [1.54, 1.807) is 6.92 Å². The highest BCUT2D eigenvalue weighted by molar-refractivity contribution is 9.10. The molecular weight excluding hydrogens is 265 g/mol.